The summed E-state index contributed by atoms with van der Waals surface area (Å²) in [7, 11) is 1.47. The minimum atomic E-state index is -0.627. The van der Waals surface area contributed by atoms with Gasteiger partial charge < -0.3 is 10.1 Å². The first-order valence-electron chi connectivity index (χ1n) is 5.57. The molecule has 0 saturated carbocycles. The molecule has 0 aliphatic heterocycles. The second-order valence-corrected chi connectivity index (χ2v) is 3.59. The van der Waals surface area contributed by atoms with E-state index in [-0.39, 0.29) is 5.82 Å². The second kappa shape index (κ2) is 5.80. The van der Waals surface area contributed by atoms with Gasteiger partial charge in [0.25, 0.3) is 0 Å². The van der Waals surface area contributed by atoms with Crippen LogP contribution in [0.3, 0.4) is 0 Å². The molecule has 0 saturated heterocycles. The van der Waals surface area contributed by atoms with Gasteiger partial charge in [-0.05, 0) is 19.1 Å². The Morgan fingerprint density at radius 3 is 2.58 bits per heavy atom. The lowest BCUT2D eigenvalue weighted by atomic mass is 10.3. The van der Waals surface area contributed by atoms with E-state index < -0.39 is 12.2 Å². The van der Waals surface area contributed by atoms with Crippen molar-refractivity contribution in [3.05, 3.63) is 30.2 Å². The highest BCUT2D eigenvalue weighted by molar-refractivity contribution is 5.66. The smallest absolute Gasteiger partial charge is 0.407 e. The van der Waals surface area contributed by atoms with E-state index in [1.54, 1.807) is 25.3 Å². The zero-order chi connectivity index (χ0) is 13.7. The minimum Gasteiger partial charge on any atom is -0.438 e. The Balaban J connectivity index is 2.12. The number of rotatable bonds is 3. The van der Waals surface area contributed by atoms with Gasteiger partial charge in [-0.1, -0.05) is 6.07 Å². The van der Waals surface area contributed by atoms with Crippen LogP contribution in [0.2, 0.25) is 0 Å². The zero-order valence-electron chi connectivity index (χ0n) is 10.4. The summed E-state index contributed by atoms with van der Waals surface area (Å²) in [5, 5.41) is 17.9. The first kappa shape index (κ1) is 12.8. The van der Waals surface area contributed by atoms with Gasteiger partial charge >= 0.3 is 6.09 Å². The standard InChI is InChI=1S/C11H12N6O2/c1-7(19-11(18)12-2)9-14-16-10(17-15-9)8-5-3-4-6-13-8/h3-7H,1-2H3,(H,12,18). The van der Waals surface area contributed by atoms with Crippen LogP contribution in [-0.4, -0.2) is 38.5 Å². The van der Waals surface area contributed by atoms with E-state index in [9.17, 15) is 4.79 Å². The molecule has 19 heavy (non-hydrogen) atoms. The van der Waals surface area contributed by atoms with Gasteiger partial charge in [-0.25, -0.2) is 4.79 Å². The van der Waals surface area contributed by atoms with Gasteiger partial charge in [0.15, 0.2) is 6.10 Å². The van der Waals surface area contributed by atoms with Crippen molar-refractivity contribution < 1.29 is 9.53 Å². The molecule has 0 spiro atoms. The zero-order valence-corrected chi connectivity index (χ0v) is 10.4. The highest BCUT2D eigenvalue weighted by atomic mass is 16.6. The number of hydrogen-bond acceptors (Lipinski definition) is 7. The molecule has 2 aromatic rings. The number of carbonyl (C=O) groups excluding carboxylic acids is 1. The lowest BCUT2D eigenvalue weighted by Crippen LogP contribution is -2.22. The predicted octanol–water partition coefficient (Wildman–Crippen LogP) is 0.746. The van der Waals surface area contributed by atoms with Crippen LogP contribution in [0, 0.1) is 0 Å². The molecule has 0 bridgehead atoms. The first-order chi connectivity index (χ1) is 9.20. The van der Waals surface area contributed by atoms with Crippen molar-refractivity contribution in [3.63, 3.8) is 0 Å². The fourth-order valence-corrected chi connectivity index (χ4v) is 1.27. The predicted molar refractivity (Wildman–Crippen MR) is 64.8 cm³/mol. The molecule has 2 rings (SSSR count). The average molecular weight is 260 g/mol. The molecule has 1 unspecified atom stereocenters. The van der Waals surface area contributed by atoms with Crippen molar-refractivity contribution in [1.82, 2.24) is 30.7 Å². The molecule has 0 aromatic carbocycles. The molecule has 1 N–H and O–H groups in total. The molecule has 0 aliphatic rings. The third-order valence-corrected chi connectivity index (χ3v) is 2.24. The van der Waals surface area contributed by atoms with E-state index in [2.05, 4.69) is 30.7 Å². The Bertz CT molecular complexity index is 545. The molecule has 8 nitrogen and oxygen atoms in total. The van der Waals surface area contributed by atoms with Gasteiger partial charge in [0.05, 0.1) is 0 Å². The van der Waals surface area contributed by atoms with Gasteiger partial charge in [-0.15, -0.1) is 20.4 Å². The number of nitrogens with one attached hydrogen (secondary N) is 1. The van der Waals surface area contributed by atoms with Crippen molar-refractivity contribution in [2.75, 3.05) is 7.05 Å². The van der Waals surface area contributed by atoms with E-state index in [0.29, 0.717) is 11.5 Å². The van der Waals surface area contributed by atoms with Crippen LogP contribution in [0.5, 0.6) is 0 Å². The van der Waals surface area contributed by atoms with Crippen LogP contribution in [0.1, 0.15) is 18.9 Å². The molecular formula is C11H12N6O2. The molecule has 0 radical (unpaired) electrons. The molecule has 1 amide bonds. The van der Waals surface area contributed by atoms with Crippen molar-refractivity contribution in [3.8, 4) is 11.5 Å². The summed E-state index contributed by atoms with van der Waals surface area (Å²) in [6.07, 6.45) is 0.437. The van der Waals surface area contributed by atoms with Gasteiger partial charge in [0, 0.05) is 13.2 Å². The third kappa shape index (κ3) is 3.18. The fourth-order valence-electron chi connectivity index (χ4n) is 1.27. The van der Waals surface area contributed by atoms with Crippen molar-refractivity contribution in [2.45, 2.75) is 13.0 Å². The van der Waals surface area contributed by atoms with Gasteiger partial charge in [-0.2, -0.15) is 0 Å². The molecule has 1 atom stereocenters. The maximum Gasteiger partial charge on any atom is 0.407 e. The summed E-state index contributed by atoms with van der Waals surface area (Å²) in [6.45, 7) is 1.63. The largest absolute Gasteiger partial charge is 0.438 e. The van der Waals surface area contributed by atoms with E-state index >= 15 is 0 Å². The first-order valence-corrected chi connectivity index (χ1v) is 5.57. The summed E-state index contributed by atoms with van der Waals surface area (Å²) in [6, 6.07) is 5.36. The summed E-state index contributed by atoms with van der Waals surface area (Å²) in [4.78, 5) is 15.1. The molecule has 98 valence electrons. The van der Waals surface area contributed by atoms with Crippen LogP contribution in [0.25, 0.3) is 11.5 Å². The molecule has 0 fully saturated rings. The number of aromatic nitrogens is 5. The summed E-state index contributed by atoms with van der Waals surface area (Å²) in [5.41, 5.74) is 0.578. The number of pyridine rings is 1. The number of ether oxygens (including phenoxy) is 1. The van der Waals surface area contributed by atoms with E-state index in [4.69, 9.17) is 4.74 Å². The van der Waals surface area contributed by atoms with Gasteiger partial charge in [-0.3, -0.25) is 4.98 Å². The SMILES string of the molecule is CNC(=O)OC(C)c1nnc(-c2ccccn2)nn1. The molecule has 0 aliphatic carbocycles. The second-order valence-electron chi connectivity index (χ2n) is 3.59. The number of carbonyl (C=O) groups is 1. The Morgan fingerprint density at radius 2 is 2.00 bits per heavy atom. The van der Waals surface area contributed by atoms with Gasteiger partial charge in [0.1, 0.15) is 5.69 Å². The van der Waals surface area contributed by atoms with Crippen LogP contribution < -0.4 is 5.32 Å². The van der Waals surface area contributed by atoms with Gasteiger partial charge in [0.2, 0.25) is 11.6 Å². The van der Waals surface area contributed by atoms with Crippen molar-refractivity contribution in [1.29, 1.82) is 0 Å². The molecule has 2 aromatic heterocycles. The van der Waals surface area contributed by atoms with Crippen LogP contribution in [0.15, 0.2) is 24.4 Å². The fraction of sp³-hybridized carbons (Fsp3) is 0.273. The van der Waals surface area contributed by atoms with Crippen molar-refractivity contribution in [2.24, 2.45) is 0 Å². The maximum atomic E-state index is 11.0. The summed E-state index contributed by atoms with van der Waals surface area (Å²) in [5.74, 6) is 0.541. The van der Waals surface area contributed by atoms with Crippen LogP contribution >= 0.6 is 0 Å². The van der Waals surface area contributed by atoms with Crippen LogP contribution in [0.4, 0.5) is 4.79 Å². The third-order valence-electron chi connectivity index (χ3n) is 2.24. The highest BCUT2D eigenvalue weighted by Gasteiger charge is 2.15. The topological polar surface area (TPSA) is 103 Å². The lowest BCUT2D eigenvalue weighted by molar-refractivity contribution is 0.103. The van der Waals surface area contributed by atoms with Crippen LogP contribution in [-0.2, 0) is 4.74 Å². The molecular weight excluding hydrogens is 248 g/mol. The summed E-state index contributed by atoms with van der Waals surface area (Å²) >= 11 is 0. The van der Waals surface area contributed by atoms with E-state index in [0.717, 1.165) is 0 Å². The normalized spacial score (nSPS) is 11.7. The molecule has 8 heteroatoms. The average Bonchev–Trinajstić information content (AvgIpc) is 2.48. The Hall–Kier alpha value is -2.64. The lowest BCUT2D eigenvalue weighted by Gasteiger charge is -2.09. The van der Waals surface area contributed by atoms with E-state index in [1.807, 2.05) is 6.07 Å². The monoisotopic (exact) mass is 260 g/mol. The summed E-state index contributed by atoms with van der Waals surface area (Å²) < 4.78 is 4.96. The Morgan fingerprint density at radius 1 is 1.26 bits per heavy atom. The minimum absolute atomic E-state index is 0.225. The Labute approximate surface area is 109 Å². The van der Waals surface area contributed by atoms with Crippen molar-refractivity contribution >= 4 is 6.09 Å². The maximum absolute atomic E-state index is 11.0. The Kier molecular flexibility index (Phi) is 3.91. The number of alkyl carbamates (subject to hydrolysis) is 1. The number of nitrogens with zero attached hydrogens (tertiary/aromatic N) is 5. The quantitative estimate of drug-likeness (QED) is 0.868. The number of amides is 1. The highest BCUT2D eigenvalue weighted by Crippen LogP contribution is 2.12. The van der Waals surface area contributed by atoms with E-state index in [1.165, 1.54) is 7.05 Å². The number of hydrogen-bond donors (Lipinski definition) is 1. The molecule has 2 heterocycles.